The van der Waals surface area contributed by atoms with Crippen LogP contribution in [0.4, 0.5) is 4.39 Å². The molecule has 6 nitrogen and oxygen atoms in total. The van der Waals surface area contributed by atoms with Crippen molar-refractivity contribution >= 4 is 0 Å². The Morgan fingerprint density at radius 1 is 1.10 bits per heavy atom. The molecule has 0 unspecified atom stereocenters. The maximum absolute atomic E-state index is 13.1. The lowest BCUT2D eigenvalue weighted by Gasteiger charge is -2.26. The number of likely N-dealkylation sites (tertiary alicyclic amines) is 1. The number of aromatic nitrogens is 3. The predicted octanol–water partition coefficient (Wildman–Crippen LogP) is 3.69. The monoisotopic (exact) mass is 398 g/mol. The molecule has 0 bridgehead atoms. The number of halogens is 1. The van der Waals surface area contributed by atoms with Gasteiger partial charge in [-0.05, 0) is 74.3 Å². The Balaban J connectivity index is 0.000000166. The molecule has 0 radical (unpaired) electrons. The first-order valence-electron chi connectivity index (χ1n) is 9.81. The van der Waals surface area contributed by atoms with Crippen molar-refractivity contribution in [3.63, 3.8) is 0 Å². The normalized spacial score (nSPS) is 14.2. The Bertz CT molecular complexity index is 959. The molecular weight excluding hydrogens is 371 g/mol. The average Bonchev–Trinajstić information content (AvgIpc) is 3.18. The number of benzene rings is 2. The van der Waals surface area contributed by atoms with E-state index in [1.54, 1.807) is 37.4 Å². The maximum atomic E-state index is 13.1. The first kappa shape index (κ1) is 20.8. The molecule has 3 aromatic rings. The highest BCUT2D eigenvalue weighted by Gasteiger charge is 2.10. The van der Waals surface area contributed by atoms with Crippen LogP contribution in [0.2, 0.25) is 0 Å². The number of hydrogen-bond acceptors (Lipinski definition) is 4. The number of nitrogens with zero attached hydrogens (tertiary/aromatic N) is 3. The number of aryl methyl sites for hydroxylation is 1. The van der Waals surface area contributed by atoms with Gasteiger partial charge in [-0.2, -0.15) is 9.78 Å². The third kappa shape index (κ3) is 5.77. The smallest absolute Gasteiger partial charge is 0.347 e. The summed E-state index contributed by atoms with van der Waals surface area (Å²) in [5, 5.41) is 3.85. The zero-order chi connectivity index (χ0) is 20.6. The first-order valence-corrected chi connectivity index (χ1v) is 9.81. The lowest BCUT2D eigenvalue weighted by Crippen LogP contribution is -2.29. The number of ether oxygens (including phenoxy) is 1. The van der Waals surface area contributed by atoms with Gasteiger partial charge in [0.05, 0.1) is 12.8 Å². The molecule has 1 fully saturated rings. The van der Waals surface area contributed by atoms with E-state index in [-0.39, 0.29) is 11.5 Å². The molecule has 1 aliphatic heterocycles. The number of H-pyrrole nitrogens is 1. The summed E-state index contributed by atoms with van der Waals surface area (Å²) < 4.78 is 19.3. The van der Waals surface area contributed by atoms with E-state index in [2.05, 4.69) is 15.0 Å². The van der Waals surface area contributed by atoms with Crippen LogP contribution in [0, 0.1) is 12.7 Å². The third-order valence-corrected chi connectivity index (χ3v) is 4.95. The van der Waals surface area contributed by atoms with Crippen LogP contribution in [0.1, 0.15) is 30.4 Å². The fourth-order valence-corrected chi connectivity index (χ4v) is 3.34. The van der Waals surface area contributed by atoms with E-state index in [1.165, 1.54) is 48.9 Å². The highest BCUT2D eigenvalue weighted by atomic mass is 19.1. The molecule has 4 rings (SSSR count). The molecular formula is C22H27FN4O2. The van der Waals surface area contributed by atoms with Crippen molar-refractivity contribution in [1.82, 2.24) is 19.7 Å². The van der Waals surface area contributed by atoms with Crippen molar-refractivity contribution in [2.24, 2.45) is 0 Å². The molecule has 1 aliphatic rings. The SMILES string of the molecule is COc1ccc(-n2nc[nH]c2=O)cc1.Cc1cc(CN2CCCCC2)ccc1F. The average molecular weight is 398 g/mol. The summed E-state index contributed by atoms with van der Waals surface area (Å²) in [4.78, 5) is 16.1. The van der Waals surface area contributed by atoms with Crippen molar-refractivity contribution in [1.29, 1.82) is 0 Å². The highest BCUT2D eigenvalue weighted by Crippen LogP contribution is 2.15. The first-order chi connectivity index (χ1) is 14.1. The summed E-state index contributed by atoms with van der Waals surface area (Å²) in [5.74, 6) is 0.648. The van der Waals surface area contributed by atoms with Crippen LogP contribution in [-0.2, 0) is 6.54 Å². The molecule has 2 heterocycles. The fraction of sp³-hybridized carbons (Fsp3) is 0.364. The van der Waals surface area contributed by atoms with Crippen molar-refractivity contribution in [2.75, 3.05) is 20.2 Å². The lowest BCUT2D eigenvalue weighted by atomic mass is 10.1. The van der Waals surface area contributed by atoms with Crippen LogP contribution >= 0.6 is 0 Å². The van der Waals surface area contributed by atoms with E-state index in [9.17, 15) is 9.18 Å². The topological polar surface area (TPSA) is 63.2 Å². The summed E-state index contributed by atoms with van der Waals surface area (Å²) in [7, 11) is 1.59. The minimum Gasteiger partial charge on any atom is -0.497 e. The maximum Gasteiger partial charge on any atom is 0.347 e. The number of piperidine rings is 1. The van der Waals surface area contributed by atoms with E-state index in [0.29, 0.717) is 5.69 Å². The predicted molar refractivity (Wildman–Crippen MR) is 111 cm³/mol. The number of methoxy groups -OCH3 is 1. The lowest BCUT2D eigenvalue weighted by molar-refractivity contribution is 0.221. The fourth-order valence-electron chi connectivity index (χ4n) is 3.34. The molecule has 0 amide bonds. The van der Waals surface area contributed by atoms with Crippen LogP contribution in [0.15, 0.2) is 53.6 Å². The number of nitrogens with one attached hydrogen (secondary N) is 1. The van der Waals surface area contributed by atoms with Crippen LogP contribution < -0.4 is 10.4 Å². The van der Waals surface area contributed by atoms with Gasteiger partial charge >= 0.3 is 5.69 Å². The van der Waals surface area contributed by atoms with Crippen molar-refractivity contribution < 1.29 is 9.13 Å². The van der Waals surface area contributed by atoms with E-state index in [0.717, 1.165) is 17.9 Å². The molecule has 7 heteroatoms. The Hall–Kier alpha value is -2.93. The summed E-state index contributed by atoms with van der Waals surface area (Å²) in [5.41, 5.74) is 2.44. The van der Waals surface area contributed by atoms with E-state index in [4.69, 9.17) is 4.74 Å². The van der Waals surface area contributed by atoms with Gasteiger partial charge in [0, 0.05) is 6.54 Å². The van der Waals surface area contributed by atoms with Gasteiger partial charge in [-0.3, -0.25) is 9.88 Å². The molecule has 29 heavy (non-hydrogen) atoms. The molecule has 1 aromatic heterocycles. The molecule has 154 valence electrons. The zero-order valence-electron chi connectivity index (χ0n) is 16.9. The number of rotatable bonds is 4. The zero-order valence-corrected chi connectivity index (χ0v) is 16.9. The van der Waals surface area contributed by atoms with Gasteiger partial charge in [0.2, 0.25) is 0 Å². The summed E-state index contributed by atoms with van der Waals surface area (Å²) in [6.07, 6.45) is 5.33. The number of aromatic amines is 1. The Morgan fingerprint density at radius 2 is 1.83 bits per heavy atom. The van der Waals surface area contributed by atoms with Crippen LogP contribution in [0.25, 0.3) is 5.69 Å². The Labute approximate surface area is 169 Å². The van der Waals surface area contributed by atoms with Crippen molar-refractivity contribution in [3.05, 3.63) is 76.2 Å². The molecule has 2 aromatic carbocycles. The number of hydrogen-bond donors (Lipinski definition) is 1. The molecule has 0 saturated carbocycles. The van der Waals surface area contributed by atoms with E-state index < -0.39 is 0 Å². The summed E-state index contributed by atoms with van der Waals surface area (Å²) in [6, 6.07) is 12.5. The van der Waals surface area contributed by atoms with Gasteiger partial charge in [-0.1, -0.05) is 18.6 Å². The standard InChI is InChI=1S/C13H18FN.C9H9N3O2/c1-11-9-12(5-6-13(11)14)10-15-7-3-2-4-8-15;1-14-8-4-2-7(3-5-8)12-9(13)10-6-11-12/h5-6,9H,2-4,7-8,10H2,1H3;2-6H,1H3,(H,10,11,13). The molecule has 1 saturated heterocycles. The molecule has 0 atom stereocenters. The van der Waals surface area contributed by atoms with Crippen molar-refractivity contribution in [2.45, 2.75) is 32.7 Å². The van der Waals surface area contributed by atoms with Crippen LogP contribution in [-0.4, -0.2) is 39.9 Å². The largest absolute Gasteiger partial charge is 0.497 e. The van der Waals surface area contributed by atoms with Gasteiger partial charge in [0.1, 0.15) is 17.9 Å². The molecule has 0 spiro atoms. The van der Waals surface area contributed by atoms with Crippen molar-refractivity contribution in [3.8, 4) is 11.4 Å². The third-order valence-electron chi connectivity index (χ3n) is 4.95. The van der Waals surface area contributed by atoms with Crippen LogP contribution in [0.3, 0.4) is 0 Å². The van der Waals surface area contributed by atoms with E-state index >= 15 is 0 Å². The molecule has 1 N–H and O–H groups in total. The second-order valence-electron chi connectivity index (χ2n) is 7.12. The van der Waals surface area contributed by atoms with Gasteiger partial charge in [-0.25, -0.2) is 9.18 Å². The van der Waals surface area contributed by atoms with Gasteiger partial charge in [0.25, 0.3) is 0 Å². The van der Waals surface area contributed by atoms with Gasteiger partial charge in [-0.15, -0.1) is 0 Å². The van der Waals surface area contributed by atoms with Crippen LogP contribution in [0.5, 0.6) is 5.75 Å². The van der Waals surface area contributed by atoms with E-state index in [1.807, 2.05) is 19.1 Å². The second-order valence-corrected chi connectivity index (χ2v) is 7.12. The highest BCUT2D eigenvalue weighted by molar-refractivity contribution is 5.36. The minimum atomic E-state index is -0.254. The quantitative estimate of drug-likeness (QED) is 0.728. The van der Waals surface area contributed by atoms with Gasteiger partial charge in [0.15, 0.2) is 0 Å². The van der Waals surface area contributed by atoms with Gasteiger partial charge < -0.3 is 4.74 Å². The minimum absolute atomic E-state index is 0.0996. The Morgan fingerprint density at radius 3 is 2.41 bits per heavy atom. The summed E-state index contributed by atoms with van der Waals surface area (Å²) in [6.45, 7) is 5.18. The second kappa shape index (κ2) is 10.0. The Kier molecular flexibility index (Phi) is 7.19. The summed E-state index contributed by atoms with van der Waals surface area (Å²) >= 11 is 0. The molecule has 0 aliphatic carbocycles.